The summed E-state index contributed by atoms with van der Waals surface area (Å²) in [5, 5.41) is 10.00. The minimum absolute atomic E-state index is 0.0527. The molecule has 178 valence electrons. The number of benzene rings is 3. The van der Waals surface area contributed by atoms with Crippen LogP contribution in [0, 0.1) is 11.3 Å². The predicted octanol–water partition coefficient (Wildman–Crippen LogP) is 5.88. The zero-order valence-corrected chi connectivity index (χ0v) is 20.7. The van der Waals surface area contributed by atoms with E-state index in [0.717, 1.165) is 5.56 Å². The number of ether oxygens (including phenoxy) is 2. The van der Waals surface area contributed by atoms with Gasteiger partial charge in [0.2, 0.25) is 5.88 Å². The molecular formula is C29H21BrN2O4. The van der Waals surface area contributed by atoms with Gasteiger partial charge in [-0.05, 0) is 41.8 Å². The molecule has 6 nitrogen and oxygen atoms in total. The molecule has 0 spiro atoms. The van der Waals surface area contributed by atoms with E-state index >= 15 is 0 Å². The predicted molar refractivity (Wildman–Crippen MR) is 137 cm³/mol. The van der Waals surface area contributed by atoms with Crippen molar-refractivity contribution in [2.45, 2.75) is 24.7 Å². The summed E-state index contributed by atoms with van der Waals surface area (Å²) in [6.45, 7) is 0. The van der Waals surface area contributed by atoms with Crippen molar-refractivity contribution in [3.8, 4) is 11.8 Å². The SMILES string of the molecule is N#CC1=C(N)OC2=C(C(=O)C[C@H](c3ccccc3)C2)[C@H]1c1cc(Br)ccc1OC(=O)c1ccccc1. The van der Waals surface area contributed by atoms with Gasteiger partial charge in [0.25, 0.3) is 0 Å². The maximum atomic E-state index is 13.6. The molecule has 1 aliphatic carbocycles. The average molecular weight is 541 g/mol. The van der Waals surface area contributed by atoms with Gasteiger partial charge in [0, 0.05) is 28.5 Å². The number of hydrogen-bond acceptors (Lipinski definition) is 6. The number of halogens is 1. The summed E-state index contributed by atoms with van der Waals surface area (Å²) >= 11 is 3.47. The molecule has 2 aliphatic rings. The molecule has 5 rings (SSSR count). The number of nitrogens with zero attached hydrogens (tertiary/aromatic N) is 1. The molecule has 0 aromatic heterocycles. The van der Waals surface area contributed by atoms with Crippen molar-refractivity contribution >= 4 is 27.7 Å². The topological polar surface area (TPSA) is 102 Å². The smallest absolute Gasteiger partial charge is 0.343 e. The molecule has 0 fully saturated rings. The maximum absolute atomic E-state index is 13.6. The second-order valence-corrected chi connectivity index (χ2v) is 9.55. The van der Waals surface area contributed by atoms with Gasteiger partial charge in [0.1, 0.15) is 23.2 Å². The van der Waals surface area contributed by atoms with Crippen LogP contribution in [0.5, 0.6) is 5.75 Å². The fraction of sp³-hybridized carbons (Fsp3) is 0.138. The van der Waals surface area contributed by atoms with Crippen LogP contribution in [0.2, 0.25) is 0 Å². The van der Waals surface area contributed by atoms with E-state index in [2.05, 4.69) is 22.0 Å². The minimum atomic E-state index is -0.820. The molecule has 36 heavy (non-hydrogen) atoms. The summed E-state index contributed by atoms with van der Waals surface area (Å²) in [6.07, 6.45) is 0.739. The van der Waals surface area contributed by atoms with Crippen LogP contribution >= 0.6 is 15.9 Å². The van der Waals surface area contributed by atoms with Gasteiger partial charge in [-0.15, -0.1) is 0 Å². The summed E-state index contributed by atoms with van der Waals surface area (Å²) in [7, 11) is 0. The first kappa shape index (κ1) is 23.6. The quantitative estimate of drug-likeness (QED) is 0.327. The number of hydrogen-bond donors (Lipinski definition) is 1. The Labute approximate surface area is 216 Å². The lowest BCUT2D eigenvalue weighted by molar-refractivity contribution is -0.117. The number of ketones is 1. The molecule has 0 saturated heterocycles. The standard InChI is InChI=1S/C29H21BrN2O4/c30-20-11-12-24(36-29(34)18-9-5-2-6-10-18)21(15-20)26-22(16-31)28(32)35-25-14-19(13-23(33)27(25)26)17-7-3-1-4-8-17/h1-12,15,19,26H,13-14,32H2/t19-,26-/m0/s1. The number of rotatable bonds is 4. The number of esters is 1. The zero-order valence-electron chi connectivity index (χ0n) is 19.1. The Morgan fingerprint density at radius 3 is 2.42 bits per heavy atom. The van der Waals surface area contributed by atoms with Crippen molar-refractivity contribution in [1.82, 2.24) is 0 Å². The molecule has 0 radical (unpaired) electrons. The maximum Gasteiger partial charge on any atom is 0.343 e. The normalized spacial score (nSPS) is 19.3. The summed E-state index contributed by atoms with van der Waals surface area (Å²) in [5.74, 6) is -0.925. The molecular weight excluding hydrogens is 520 g/mol. The van der Waals surface area contributed by atoms with Gasteiger partial charge in [-0.1, -0.05) is 64.5 Å². The van der Waals surface area contributed by atoms with E-state index in [1.807, 2.05) is 36.4 Å². The molecule has 0 saturated carbocycles. The fourth-order valence-corrected chi connectivity index (χ4v) is 5.13. The van der Waals surface area contributed by atoms with Gasteiger partial charge in [-0.2, -0.15) is 5.26 Å². The van der Waals surface area contributed by atoms with Crippen LogP contribution < -0.4 is 10.5 Å². The van der Waals surface area contributed by atoms with Crippen molar-refractivity contribution in [3.63, 3.8) is 0 Å². The summed E-state index contributed by atoms with van der Waals surface area (Å²) in [4.78, 5) is 26.4. The second kappa shape index (κ2) is 9.84. The Morgan fingerprint density at radius 2 is 1.72 bits per heavy atom. The third kappa shape index (κ3) is 4.43. The largest absolute Gasteiger partial charge is 0.444 e. The lowest BCUT2D eigenvalue weighted by Crippen LogP contribution is -2.30. The number of carbonyl (C=O) groups is 2. The van der Waals surface area contributed by atoms with Crippen LogP contribution in [0.15, 0.2) is 106 Å². The number of carbonyl (C=O) groups excluding carboxylic acids is 2. The van der Waals surface area contributed by atoms with Crippen LogP contribution in [0.3, 0.4) is 0 Å². The van der Waals surface area contributed by atoms with Gasteiger partial charge in [0.05, 0.1) is 11.5 Å². The average Bonchev–Trinajstić information content (AvgIpc) is 2.89. The van der Waals surface area contributed by atoms with Gasteiger partial charge >= 0.3 is 5.97 Å². The Bertz CT molecular complexity index is 1460. The molecule has 1 aliphatic heterocycles. The molecule has 0 amide bonds. The van der Waals surface area contributed by atoms with Gasteiger partial charge in [-0.25, -0.2) is 4.79 Å². The Kier molecular flexibility index (Phi) is 6.45. The van der Waals surface area contributed by atoms with Crippen molar-refractivity contribution in [3.05, 3.63) is 123 Å². The summed E-state index contributed by atoms with van der Waals surface area (Å²) < 4.78 is 12.3. The van der Waals surface area contributed by atoms with Crippen LogP contribution in [-0.4, -0.2) is 11.8 Å². The lowest BCUT2D eigenvalue weighted by Gasteiger charge is -2.34. The molecule has 3 aromatic rings. The molecule has 3 aromatic carbocycles. The highest BCUT2D eigenvalue weighted by Crippen LogP contribution is 2.49. The fourth-order valence-electron chi connectivity index (χ4n) is 4.75. The van der Waals surface area contributed by atoms with E-state index in [4.69, 9.17) is 15.2 Å². The zero-order chi connectivity index (χ0) is 25.2. The highest BCUT2D eigenvalue weighted by Gasteiger charge is 2.42. The van der Waals surface area contributed by atoms with Crippen LogP contribution in [-0.2, 0) is 9.53 Å². The van der Waals surface area contributed by atoms with Crippen LogP contribution in [0.4, 0.5) is 0 Å². The Hall–Kier alpha value is -4.15. The Morgan fingerprint density at radius 1 is 1.03 bits per heavy atom. The van der Waals surface area contributed by atoms with E-state index in [0.29, 0.717) is 33.4 Å². The summed E-state index contributed by atoms with van der Waals surface area (Å²) in [6, 6.07) is 25.6. The first-order chi connectivity index (χ1) is 17.5. The summed E-state index contributed by atoms with van der Waals surface area (Å²) in [5.41, 5.74) is 8.59. The van der Waals surface area contributed by atoms with Gasteiger partial charge in [0.15, 0.2) is 5.78 Å². The molecule has 1 heterocycles. The number of nitriles is 1. The number of nitrogens with two attached hydrogens (primary N) is 1. The van der Waals surface area contributed by atoms with E-state index in [1.54, 1.807) is 42.5 Å². The van der Waals surface area contributed by atoms with Crippen LogP contribution in [0.25, 0.3) is 0 Å². The lowest BCUT2D eigenvalue weighted by atomic mass is 9.73. The van der Waals surface area contributed by atoms with Crippen molar-refractivity contribution in [1.29, 1.82) is 5.26 Å². The van der Waals surface area contributed by atoms with E-state index in [-0.39, 0.29) is 35.3 Å². The molecule has 2 atom stereocenters. The monoisotopic (exact) mass is 540 g/mol. The first-order valence-corrected chi connectivity index (χ1v) is 12.2. The first-order valence-electron chi connectivity index (χ1n) is 11.4. The minimum Gasteiger partial charge on any atom is -0.444 e. The number of Topliss-reactive ketones (excluding diaryl/α,β-unsaturated/α-hetero) is 1. The van der Waals surface area contributed by atoms with Crippen molar-refractivity contribution < 1.29 is 19.1 Å². The van der Waals surface area contributed by atoms with Crippen molar-refractivity contribution in [2.75, 3.05) is 0 Å². The van der Waals surface area contributed by atoms with E-state index < -0.39 is 11.9 Å². The van der Waals surface area contributed by atoms with Gasteiger partial charge in [-0.3, -0.25) is 4.79 Å². The van der Waals surface area contributed by atoms with Crippen LogP contribution in [0.1, 0.15) is 46.2 Å². The van der Waals surface area contributed by atoms with E-state index in [1.165, 1.54) is 0 Å². The van der Waals surface area contributed by atoms with Gasteiger partial charge < -0.3 is 15.2 Å². The molecule has 0 unspecified atom stereocenters. The highest BCUT2D eigenvalue weighted by atomic mass is 79.9. The third-order valence-corrected chi connectivity index (χ3v) is 6.92. The number of allylic oxidation sites excluding steroid dienone is 3. The molecule has 7 heteroatoms. The van der Waals surface area contributed by atoms with E-state index in [9.17, 15) is 14.9 Å². The highest BCUT2D eigenvalue weighted by molar-refractivity contribution is 9.10. The third-order valence-electron chi connectivity index (χ3n) is 6.43. The van der Waals surface area contributed by atoms with Crippen molar-refractivity contribution in [2.24, 2.45) is 5.73 Å². The molecule has 2 N–H and O–H groups in total. The Balaban J connectivity index is 1.59. The second-order valence-electron chi connectivity index (χ2n) is 8.64. The molecule has 0 bridgehead atoms.